The summed E-state index contributed by atoms with van der Waals surface area (Å²) in [5, 5.41) is 3.04. The summed E-state index contributed by atoms with van der Waals surface area (Å²) < 4.78 is 0. The van der Waals surface area contributed by atoms with Gasteiger partial charge >= 0.3 is 0 Å². The first-order chi connectivity index (χ1) is 16.8. The monoisotopic (exact) mass is 490 g/mol. The molecule has 0 N–H and O–H groups in total. The third kappa shape index (κ3) is 5.09. The van der Waals surface area contributed by atoms with Crippen molar-refractivity contribution in [3.8, 4) is 22.3 Å². The molecule has 0 spiro atoms. The number of hydrogen-bond donors (Lipinski definition) is 0. The number of hydrogen-bond acceptors (Lipinski definition) is 0. The van der Waals surface area contributed by atoms with E-state index in [0.717, 1.165) is 0 Å². The first-order valence-corrected chi connectivity index (χ1v) is 14.3. The van der Waals surface area contributed by atoms with Crippen molar-refractivity contribution in [3.05, 3.63) is 99.8 Å². The first-order valence-electron chi connectivity index (χ1n) is 13.3. The lowest BCUT2D eigenvalue weighted by atomic mass is 9.83. The van der Waals surface area contributed by atoms with Crippen molar-refractivity contribution in [1.82, 2.24) is 0 Å². The first kappa shape index (κ1) is 26.4. The lowest BCUT2D eigenvalue weighted by Crippen LogP contribution is -2.23. The van der Waals surface area contributed by atoms with E-state index < -0.39 is 0 Å². The fraction of sp³-hybridized carbons (Fsp3) is 0.371. The molecule has 1 unspecified atom stereocenters. The van der Waals surface area contributed by atoms with Crippen LogP contribution in [0.4, 0.5) is 0 Å². The van der Waals surface area contributed by atoms with E-state index in [4.69, 9.17) is 0 Å². The quantitative estimate of drug-likeness (QED) is 0.320. The minimum Gasteiger partial charge on any atom is -0.0695 e. The van der Waals surface area contributed by atoms with Gasteiger partial charge < -0.3 is 0 Å². The van der Waals surface area contributed by atoms with Gasteiger partial charge in [-0.05, 0) is 76.5 Å². The minimum absolute atomic E-state index is 0.108. The Balaban J connectivity index is 1.95. The van der Waals surface area contributed by atoms with E-state index in [2.05, 4.69) is 136 Å². The summed E-state index contributed by atoms with van der Waals surface area (Å²) in [5.41, 5.74) is 12.8. The van der Waals surface area contributed by atoms with Gasteiger partial charge in [-0.25, -0.2) is 0 Å². The van der Waals surface area contributed by atoms with Gasteiger partial charge in [0.25, 0.3) is 0 Å². The van der Waals surface area contributed by atoms with Crippen molar-refractivity contribution >= 4 is 14.7 Å². The largest absolute Gasteiger partial charge is 0.117 e. The molecule has 0 saturated carbocycles. The third-order valence-electron chi connectivity index (χ3n) is 8.03. The summed E-state index contributed by atoms with van der Waals surface area (Å²) in [5.74, 6) is 0.518. The number of benzene rings is 3. The van der Waals surface area contributed by atoms with Gasteiger partial charge in [-0.1, -0.05) is 137 Å². The van der Waals surface area contributed by atoms with Crippen molar-refractivity contribution in [1.29, 1.82) is 0 Å². The van der Waals surface area contributed by atoms with Crippen LogP contribution in [-0.4, -0.2) is 9.52 Å². The molecule has 4 rings (SSSR count). The minimum atomic E-state index is 0.108. The summed E-state index contributed by atoms with van der Waals surface area (Å²) in [6.07, 6.45) is 0. The van der Waals surface area contributed by atoms with Crippen molar-refractivity contribution in [2.45, 2.75) is 80.1 Å². The molecular formula is C35H42Si. The lowest BCUT2D eigenvalue weighted by molar-refractivity contribution is 0.590. The van der Waals surface area contributed by atoms with Crippen molar-refractivity contribution in [3.63, 3.8) is 0 Å². The summed E-state index contributed by atoms with van der Waals surface area (Å²) in [6.45, 7) is 23.1. The van der Waals surface area contributed by atoms with Crippen molar-refractivity contribution < 1.29 is 0 Å². The Morgan fingerprint density at radius 2 is 1.17 bits per heavy atom. The van der Waals surface area contributed by atoms with E-state index >= 15 is 0 Å². The molecule has 0 aromatic heterocycles. The lowest BCUT2D eigenvalue weighted by Gasteiger charge is -2.23. The van der Waals surface area contributed by atoms with E-state index in [1.54, 1.807) is 5.20 Å². The highest BCUT2D eigenvalue weighted by atomic mass is 28.2. The molecule has 3 aromatic rings. The van der Waals surface area contributed by atoms with Crippen molar-refractivity contribution in [2.75, 3.05) is 0 Å². The Kier molecular flexibility index (Phi) is 7.10. The van der Waals surface area contributed by atoms with Crippen LogP contribution in [0.15, 0.2) is 88.6 Å². The van der Waals surface area contributed by atoms with E-state index in [0.29, 0.717) is 15.4 Å². The van der Waals surface area contributed by atoms with Crippen LogP contribution in [0.5, 0.6) is 0 Å². The topological polar surface area (TPSA) is 0 Å². The molecule has 0 bridgehead atoms. The maximum absolute atomic E-state index is 2.43. The second-order valence-corrected chi connectivity index (χ2v) is 13.9. The van der Waals surface area contributed by atoms with E-state index in [9.17, 15) is 0 Å². The average molecular weight is 491 g/mol. The Morgan fingerprint density at radius 3 is 1.69 bits per heavy atom. The Bertz CT molecular complexity index is 1350. The van der Waals surface area contributed by atoms with E-state index in [1.807, 2.05) is 0 Å². The summed E-state index contributed by atoms with van der Waals surface area (Å²) in [4.78, 5) is 0. The van der Waals surface area contributed by atoms with Gasteiger partial charge in [0.15, 0.2) is 0 Å². The molecule has 0 amide bonds. The summed E-state index contributed by atoms with van der Waals surface area (Å²) >= 11 is 0. The third-order valence-corrected chi connectivity index (χ3v) is 9.79. The van der Waals surface area contributed by atoms with Crippen LogP contribution in [-0.2, 0) is 10.8 Å². The zero-order valence-corrected chi connectivity index (χ0v) is 24.9. The summed E-state index contributed by atoms with van der Waals surface area (Å²) in [6, 6.07) is 25.4. The Morgan fingerprint density at radius 1 is 0.639 bits per heavy atom. The SMILES string of the molecule is CC1=C(C)C(C)C([Si]c2cccc(-c3cccc(C(C)(C)C)c3)c2-c2cccc(C(C)(C)C)c2)=C1C. The maximum atomic E-state index is 2.43. The zero-order valence-electron chi connectivity index (χ0n) is 23.9. The number of rotatable bonds is 4. The normalized spacial score (nSPS) is 16.8. The Hall–Kier alpha value is -2.64. The van der Waals surface area contributed by atoms with Gasteiger partial charge in [-0.2, -0.15) is 0 Å². The van der Waals surface area contributed by atoms with Crippen LogP contribution in [0.1, 0.15) is 80.4 Å². The molecule has 1 heteroatoms. The Labute approximate surface area is 222 Å². The van der Waals surface area contributed by atoms with Crippen LogP contribution >= 0.6 is 0 Å². The molecule has 186 valence electrons. The van der Waals surface area contributed by atoms with Crippen LogP contribution in [0.3, 0.4) is 0 Å². The van der Waals surface area contributed by atoms with E-state index in [-0.39, 0.29) is 10.8 Å². The molecule has 1 aliphatic carbocycles. The van der Waals surface area contributed by atoms with Gasteiger partial charge in [0.05, 0.1) is 0 Å². The predicted octanol–water partition coefficient (Wildman–Crippen LogP) is 9.21. The molecule has 3 aromatic carbocycles. The maximum Gasteiger partial charge on any atom is 0.117 e. The fourth-order valence-corrected chi connectivity index (χ4v) is 6.90. The molecule has 1 atom stereocenters. The van der Waals surface area contributed by atoms with E-state index in [1.165, 1.54) is 55.3 Å². The molecule has 0 nitrogen and oxygen atoms in total. The second-order valence-electron chi connectivity index (χ2n) is 12.6. The highest BCUT2D eigenvalue weighted by Gasteiger charge is 2.26. The highest BCUT2D eigenvalue weighted by Crippen LogP contribution is 2.38. The van der Waals surface area contributed by atoms with Gasteiger partial charge in [0.1, 0.15) is 9.52 Å². The molecule has 2 radical (unpaired) electrons. The molecule has 0 heterocycles. The van der Waals surface area contributed by atoms with Crippen LogP contribution in [0.25, 0.3) is 22.3 Å². The van der Waals surface area contributed by atoms with Crippen LogP contribution in [0.2, 0.25) is 0 Å². The fourth-order valence-electron chi connectivity index (χ4n) is 5.21. The predicted molar refractivity (Wildman–Crippen MR) is 160 cm³/mol. The highest BCUT2D eigenvalue weighted by molar-refractivity contribution is 6.63. The van der Waals surface area contributed by atoms with Gasteiger partial charge in [-0.3, -0.25) is 0 Å². The molecule has 0 fully saturated rings. The van der Waals surface area contributed by atoms with Gasteiger partial charge in [0, 0.05) is 0 Å². The van der Waals surface area contributed by atoms with Gasteiger partial charge in [0.2, 0.25) is 0 Å². The smallest absolute Gasteiger partial charge is 0.0695 e. The van der Waals surface area contributed by atoms with Crippen LogP contribution in [0, 0.1) is 5.92 Å². The molecule has 36 heavy (non-hydrogen) atoms. The molecule has 0 saturated heterocycles. The zero-order chi connectivity index (χ0) is 26.4. The second kappa shape index (κ2) is 9.67. The molecule has 0 aliphatic heterocycles. The average Bonchev–Trinajstić information content (AvgIpc) is 3.01. The van der Waals surface area contributed by atoms with Gasteiger partial charge in [-0.15, -0.1) is 0 Å². The summed E-state index contributed by atoms with van der Waals surface area (Å²) in [7, 11) is 0.664. The molecule has 1 aliphatic rings. The van der Waals surface area contributed by atoms with Crippen molar-refractivity contribution in [2.24, 2.45) is 5.92 Å². The standard InChI is InChI=1S/C35H42Si/c1-22-23(2)25(4)33(24(22)3)36-31-19-13-18-30(26-14-11-16-28(20-26)34(5,6)7)32(31)27-15-12-17-29(21-27)35(8,9)10/h11-21,24H,1-10H3. The molecular weight excluding hydrogens is 448 g/mol. The number of allylic oxidation sites excluding steroid dienone is 4. The van der Waals surface area contributed by atoms with Crippen LogP contribution < -0.4 is 5.19 Å².